The number of carboxylic acid groups (broad SMARTS) is 1. The van der Waals surface area contributed by atoms with E-state index in [0.29, 0.717) is 0 Å². The van der Waals surface area contributed by atoms with E-state index in [1.54, 1.807) is 0 Å². The molecule has 0 heterocycles. The van der Waals surface area contributed by atoms with Gasteiger partial charge in [0.1, 0.15) is 0 Å². The number of hydrogen-bond acceptors (Lipinski definition) is 4. The summed E-state index contributed by atoms with van der Waals surface area (Å²) in [5, 5.41) is 8.30. The third-order valence-electron chi connectivity index (χ3n) is 1.49. The van der Waals surface area contributed by atoms with Gasteiger partial charge in [0.05, 0.1) is 13.0 Å². The van der Waals surface area contributed by atoms with Crippen LogP contribution in [-0.4, -0.2) is 29.2 Å². The van der Waals surface area contributed by atoms with Crippen LogP contribution in [0.25, 0.3) is 0 Å². The Bertz CT molecular complexity index is 337. The SMILES string of the molecule is O=C1C=CC(=O)C(OCCC(=O)O)=C1. The van der Waals surface area contributed by atoms with Crippen molar-refractivity contribution in [2.24, 2.45) is 0 Å². The van der Waals surface area contributed by atoms with Crippen molar-refractivity contribution in [3.8, 4) is 0 Å². The smallest absolute Gasteiger partial charge is 0.306 e. The Morgan fingerprint density at radius 3 is 2.71 bits per heavy atom. The van der Waals surface area contributed by atoms with Gasteiger partial charge in [-0.25, -0.2) is 0 Å². The fraction of sp³-hybridized carbons (Fsp3) is 0.222. The van der Waals surface area contributed by atoms with Gasteiger partial charge in [0.2, 0.25) is 5.78 Å². The van der Waals surface area contributed by atoms with E-state index in [-0.39, 0.29) is 24.6 Å². The molecule has 0 amide bonds. The molecule has 5 nitrogen and oxygen atoms in total. The first-order valence-corrected chi connectivity index (χ1v) is 3.92. The first-order chi connectivity index (χ1) is 6.59. The molecule has 0 saturated heterocycles. The predicted molar refractivity (Wildman–Crippen MR) is 45.4 cm³/mol. The van der Waals surface area contributed by atoms with Gasteiger partial charge in [0, 0.05) is 6.08 Å². The zero-order valence-corrected chi connectivity index (χ0v) is 7.23. The first-order valence-electron chi connectivity index (χ1n) is 3.92. The Balaban J connectivity index is 2.48. The normalized spacial score (nSPS) is 15.3. The molecule has 14 heavy (non-hydrogen) atoms. The Labute approximate surface area is 79.7 Å². The molecule has 1 aliphatic rings. The number of ether oxygens (including phenoxy) is 1. The number of aliphatic carboxylic acids is 1. The highest BCUT2D eigenvalue weighted by atomic mass is 16.5. The lowest BCUT2D eigenvalue weighted by Gasteiger charge is -2.07. The molecule has 0 bridgehead atoms. The van der Waals surface area contributed by atoms with Crippen LogP contribution in [0.4, 0.5) is 0 Å². The maximum Gasteiger partial charge on any atom is 0.306 e. The van der Waals surface area contributed by atoms with Crippen molar-refractivity contribution < 1.29 is 24.2 Å². The van der Waals surface area contributed by atoms with Crippen LogP contribution >= 0.6 is 0 Å². The molecule has 0 aliphatic heterocycles. The molecular formula is C9H8O5. The fourth-order valence-electron chi connectivity index (χ4n) is 0.849. The van der Waals surface area contributed by atoms with E-state index in [9.17, 15) is 14.4 Å². The predicted octanol–water partition coefficient (Wildman–Crippen LogP) is 0.0696. The van der Waals surface area contributed by atoms with Crippen LogP contribution in [0.5, 0.6) is 0 Å². The van der Waals surface area contributed by atoms with Gasteiger partial charge in [0.25, 0.3) is 0 Å². The fourth-order valence-corrected chi connectivity index (χ4v) is 0.849. The number of rotatable bonds is 4. The van der Waals surface area contributed by atoms with Gasteiger partial charge < -0.3 is 9.84 Å². The average molecular weight is 196 g/mol. The van der Waals surface area contributed by atoms with E-state index in [0.717, 1.165) is 18.2 Å². The number of allylic oxidation sites excluding steroid dienone is 3. The number of hydrogen-bond donors (Lipinski definition) is 1. The molecule has 0 atom stereocenters. The summed E-state index contributed by atoms with van der Waals surface area (Å²) in [5.74, 6) is -1.88. The molecular weight excluding hydrogens is 188 g/mol. The second-order valence-electron chi connectivity index (χ2n) is 2.60. The lowest BCUT2D eigenvalue weighted by Crippen LogP contribution is -2.12. The third kappa shape index (κ3) is 2.85. The molecule has 1 N–H and O–H groups in total. The van der Waals surface area contributed by atoms with Crippen LogP contribution in [0, 0.1) is 0 Å². The van der Waals surface area contributed by atoms with Crippen molar-refractivity contribution in [1.82, 2.24) is 0 Å². The van der Waals surface area contributed by atoms with Gasteiger partial charge in [-0.1, -0.05) is 0 Å². The highest BCUT2D eigenvalue weighted by molar-refractivity contribution is 6.16. The standard InChI is InChI=1S/C9H8O5/c10-6-1-2-7(11)8(5-6)14-4-3-9(12)13/h1-2,5H,3-4H2,(H,12,13). The van der Waals surface area contributed by atoms with Crippen molar-refractivity contribution in [1.29, 1.82) is 0 Å². The molecule has 5 heteroatoms. The minimum Gasteiger partial charge on any atom is -0.489 e. The zero-order chi connectivity index (χ0) is 10.6. The van der Waals surface area contributed by atoms with Gasteiger partial charge in [-0.15, -0.1) is 0 Å². The molecule has 1 rings (SSSR count). The Morgan fingerprint density at radius 2 is 2.07 bits per heavy atom. The van der Waals surface area contributed by atoms with Crippen LogP contribution in [0.3, 0.4) is 0 Å². The average Bonchev–Trinajstić information content (AvgIpc) is 2.10. The highest BCUT2D eigenvalue weighted by Crippen LogP contribution is 2.07. The molecule has 0 aromatic rings. The molecule has 0 unspecified atom stereocenters. The minimum atomic E-state index is -1.02. The summed E-state index contributed by atoms with van der Waals surface area (Å²) in [6.45, 7) is -0.117. The quantitative estimate of drug-likeness (QED) is 0.643. The van der Waals surface area contributed by atoms with E-state index in [2.05, 4.69) is 0 Å². The highest BCUT2D eigenvalue weighted by Gasteiger charge is 2.14. The van der Waals surface area contributed by atoms with E-state index in [1.807, 2.05) is 0 Å². The molecule has 0 fully saturated rings. The number of carbonyl (C=O) groups is 3. The van der Waals surface area contributed by atoms with Crippen molar-refractivity contribution in [3.63, 3.8) is 0 Å². The summed E-state index contributed by atoms with van der Waals surface area (Å²) in [7, 11) is 0. The van der Waals surface area contributed by atoms with Crippen LogP contribution in [0.15, 0.2) is 24.0 Å². The van der Waals surface area contributed by atoms with E-state index in [1.165, 1.54) is 0 Å². The van der Waals surface area contributed by atoms with Crippen molar-refractivity contribution in [2.45, 2.75) is 6.42 Å². The molecule has 0 radical (unpaired) electrons. The topological polar surface area (TPSA) is 80.7 Å². The molecule has 74 valence electrons. The van der Waals surface area contributed by atoms with Crippen LogP contribution in [0.2, 0.25) is 0 Å². The van der Waals surface area contributed by atoms with Gasteiger partial charge >= 0.3 is 5.97 Å². The van der Waals surface area contributed by atoms with Crippen molar-refractivity contribution in [3.05, 3.63) is 24.0 Å². The minimum absolute atomic E-state index is 0.0984. The van der Waals surface area contributed by atoms with Crippen LogP contribution in [-0.2, 0) is 19.1 Å². The van der Waals surface area contributed by atoms with Crippen LogP contribution in [0.1, 0.15) is 6.42 Å². The lowest BCUT2D eigenvalue weighted by molar-refractivity contribution is -0.138. The van der Waals surface area contributed by atoms with E-state index in [4.69, 9.17) is 9.84 Å². The Hall–Kier alpha value is -1.91. The third-order valence-corrected chi connectivity index (χ3v) is 1.49. The molecule has 1 aliphatic carbocycles. The lowest BCUT2D eigenvalue weighted by atomic mass is 10.1. The maximum atomic E-state index is 11.0. The zero-order valence-electron chi connectivity index (χ0n) is 7.23. The number of carbonyl (C=O) groups excluding carboxylic acids is 2. The second kappa shape index (κ2) is 4.36. The largest absolute Gasteiger partial charge is 0.489 e. The first kappa shape index (κ1) is 10.2. The van der Waals surface area contributed by atoms with Gasteiger partial charge in [-0.2, -0.15) is 0 Å². The van der Waals surface area contributed by atoms with Gasteiger partial charge in [-0.05, 0) is 12.2 Å². The summed E-state index contributed by atoms with van der Waals surface area (Å²) >= 11 is 0. The van der Waals surface area contributed by atoms with E-state index >= 15 is 0 Å². The summed E-state index contributed by atoms with van der Waals surface area (Å²) in [6.07, 6.45) is 3.07. The summed E-state index contributed by atoms with van der Waals surface area (Å²) in [4.78, 5) is 32.0. The van der Waals surface area contributed by atoms with E-state index < -0.39 is 11.8 Å². The van der Waals surface area contributed by atoms with Crippen molar-refractivity contribution >= 4 is 17.5 Å². The summed E-state index contributed by atoms with van der Waals surface area (Å²) in [5.41, 5.74) is 0. The monoisotopic (exact) mass is 196 g/mol. The maximum absolute atomic E-state index is 11.0. The van der Waals surface area contributed by atoms with Crippen molar-refractivity contribution in [2.75, 3.05) is 6.61 Å². The van der Waals surface area contributed by atoms with Crippen LogP contribution < -0.4 is 0 Å². The summed E-state index contributed by atoms with van der Waals surface area (Å²) < 4.78 is 4.84. The summed E-state index contributed by atoms with van der Waals surface area (Å²) in [6, 6.07) is 0. The van der Waals surface area contributed by atoms with Gasteiger partial charge in [-0.3, -0.25) is 14.4 Å². The van der Waals surface area contributed by atoms with Gasteiger partial charge in [0.15, 0.2) is 11.5 Å². The number of carboxylic acids is 1. The second-order valence-corrected chi connectivity index (χ2v) is 2.60. The molecule has 0 aromatic heterocycles. The Morgan fingerprint density at radius 1 is 1.36 bits per heavy atom. The molecule has 0 spiro atoms. The molecule has 0 saturated carbocycles. The molecule has 0 aromatic carbocycles. The number of ketones is 2. The Kier molecular flexibility index (Phi) is 3.17.